The molecular weight excluding hydrogens is 338 g/mol. The van der Waals surface area contributed by atoms with E-state index >= 15 is 0 Å². The predicted molar refractivity (Wildman–Crippen MR) is 107 cm³/mol. The van der Waals surface area contributed by atoms with Crippen LogP contribution in [0.5, 0.6) is 11.5 Å². The first-order valence-corrected chi connectivity index (χ1v) is 9.83. The third-order valence-electron chi connectivity index (χ3n) is 5.24. The van der Waals surface area contributed by atoms with Crippen molar-refractivity contribution in [2.75, 3.05) is 7.11 Å². The summed E-state index contributed by atoms with van der Waals surface area (Å²) >= 11 is 0. The van der Waals surface area contributed by atoms with Gasteiger partial charge in [-0.15, -0.1) is 0 Å². The average Bonchev–Trinajstić information content (AvgIpc) is 2.72. The Labute approximate surface area is 161 Å². The Kier molecular flexibility index (Phi) is 6.38. The molecule has 144 valence electrons. The molecule has 0 fully saturated rings. The number of aryl methyl sites for hydroxylation is 2. The number of carbonyl (C=O) groups is 1. The molecule has 3 rings (SSSR count). The molecule has 1 aliphatic rings. The molecule has 0 heterocycles. The van der Waals surface area contributed by atoms with Gasteiger partial charge in [0.1, 0.15) is 11.5 Å². The lowest BCUT2D eigenvalue weighted by atomic mass is 9.89. The van der Waals surface area contributed by atoms with Crippen LogP contribution < -0.4 is 14.8 Å². The number of fused-ring (bicyclic) bond motifs is 1. The van der Waals surface area contributed by atoms with Crippen LogP contribution in [-0.2, 0) is 17.6 Å². The van der Waals surface area contributed by atoms with Gasteiger partial charge in [0.2, 0.25) is 0 Å². The molecule has 0 aromatic heterocycles. The van der Waals surface area contributed by atoms with Crippen LogP contribution in [-0.4, -0.2) is 19.1 Å². The van der Waals surface area contributed by atoms with Crippen molar-refractivity contribution >= 4 is 5.91 Å². The Hall–Kier alpha value is -2.49. The second-order valence-electron chi connectivity index (χ2n) is 7.14. The van der Waals surface area contributed by atoms with Gasteiger partial charge in [0.25, 0.3) is 5.91 Å². The van der Waals surface area contributed by atoms with Gasteiger partial charge in [0.15, 0.2) is 6.10 Å². The number of rotatable bonds is 7. The highest BCUT2D eigenvalue weighted by Crippen LogP contribution is 2.26. The zero-order chi connectivity index (χ0) is 19.2. The summed E-state index contributed by atoms with van der Waals surface area (Å²) in [5.74, 6) is 1.31. The molecule has 1 aliphatic carbocycles. The van der Waals surface area contributed by atoms with E-state index in [1.54, 1.807) is 14.0 Å². The fourth-order valence-electron chi connectivity index (χ4n) is 3.59. The second-order valence-corrected chi connectivity index (χ2v) is 7.14. The highest BCUT2D eigenvalue weighted by molar-refractivity contribution is 5.81. The normalized spacial score (nSPS) is 15.4. The lowest BCUT2D eigenvalue weighted by Crippen LogP contribution is -2.38. The third-order valence-corrected chi connectivity index (χ3v) is 5.24. The van der Waals surface area contributed by atoms with E-state index in [2.05, 4.69) is 30.4 Å². The van der Waals surface area contributed by atoms with Crippen molar-refractivity contribution in [3.05, 3.63) is 59.2 Å². The van der Waals surface area contributed by atoms with Gasteiger partial charge < -0.3 is 14.8 Å². The summed E-state index contributed by atoms with van der Waals surface area (Å²) in [6, 6.07) is 13.9. The molecule has 2 atom stereocenters. The number of ether oxygens (including phenoxy) is 2. The molecular formula is C23H29NO3. The van der Waals surface area contributed by atoms with Crippen molar-refractivity contribution in [2.45, 2.75) is 58.1 Å². The van der Waals surface area contributed by atoms with Gasteiger partial charge in [0.05, 0.1) is 13.2 Å². The predicted octanol–water partition coefficient (Wildman–Crippen LogP) is 4.61. The molecule has 1 N–H and O–H groups in total. The minimum Gasteiger partial charge on any atom is -0.497 e. The van der Waals surface area contributed by atoms with Gasteiger partial charge in [-0.25, -0.2) is 0 Å². The lowest BCUT2D eigenvalue weighted by Gasteiger charge is -2.23. The van der Waals surface area contributed by atoms with E-state index in [9.17, 15) is 4.79 Å². The number of benzene rings is 2. The molecule has 0 bridgehead atoms. The van der Waals surface area contributed by atoms with Crippen molar-refractivity contribution < 1.29 is 14.3 Å². The largest absolute Gasteiger partial charge is 0.497 e. The molecule has 0 spiro atoms. The van der Waals surface area contributed by atoms with Gasteiger partial charge in [-0.3, -0.25) is 4.79 Å². The Morgan fingerprint density at radius 1 is 1.04 bits per heavy atom. The van der Waals surface area contributed by atoms with Gasteiger partial charge in [-0.05, 0) is 80.0 Å². The molecule has 1 amide bonds. The maximum absolute atomic E-state index is 12.6. The van der Waals surface area contributed by atoms with Crippen LogP contribution in [0.4, 0.5) is 0 Å². The summed E-state index contributed by atoms with van der Waals surface area (Å²) in [5.41, 5.74) is 4.08. The number of amides is 1. The van der Waals surface area contributed by atoms with Crippen LogP contribution >= 0.6 is 0 Å². The van der Waals surface area contributed by atoms with Crippen LogP contribution in [0.2, 0.25) is 0 Å². The fraction of sp³-hybridized carbons (Fsp3) is 0.435. The standard InChI is InChI=1S/C23H29NO3/c1-4-22(19-10-9-17-7-5-6-8-18(17)15-19)24-23(25)16(2)27-21-13-11-20(26-3)12-14-21/h9-16,22H,4-8H2,1-3H3,(H,24,25)/t16-,22+/m1/s1. The molecule has 27 heavy (non-hydrogen) atoms. The van der Waals surface area contributed by atoms with Crippen LogP contribution in [0.15, 0.2) is 42.5 Å². The molecule has 0 aliphatic heterocycles. The van der Waals surface area contributed by atoms with E-state index in [0.29, 0.717) is 5.75 Å². The van der Waals surface area contributed by atoms with Crippen LogP contribution in [0, 0.1) is 0 Å². The van der Waals surface area contributed by atoms with E-state index in [1.807, 2.05) is 24.3 Å². The van der Waals surface area contributed by atoms with Crippen molar-refractivity contribution in [3.63, 3.8) is 0 Å². The van der Waals surface area contributed by atoms with E-state index in [-0.39, 0.29) is 11.9 Å². The lowest BCUT2D eigenvalue weighted by molar-refractivity contribution is -0.128. The molecule has 0 unspecified atom stereocenters. The molecule has 0 saturated heterocycles. The smallest absolute Gasteiger partial charge is 0.261 e. The summed E-state index contributed by atoms with van der Waals surface area (Å²) in [4.78, 5) is 12.6. The number of carbonyl (C=O) groups excluding carboxylic acids is 1. The highest BCUT2D eigenvalue weighted by atomic mass is 16.5. The van der Waals surface area contributed by atoms with Crippen LogP contribution in [0.1, 0.15) is 55.8 Å². The summed E-state index contributed by atoms with van der Waals surface area (Å²) in [7, 11) is 1.62. The van der Waals surface area contributed by atoms with Gasteiger partial charge >= 0.3 is 0 Å². The quantitative estimate of drug-likeness (QED) is 0.777. The first-order valence-electron chi connectivity index (χ1n) is 9.83. The first-order chi connectivity index (χ1) is 13.1. The van der Waals surface area contributed by atoms with E-state index < -0.39 is 6.10 Å². The minimum atomic E-state index is -0.565. The van der Waals surface area contributed by atoms with Gasteiger partial charge in [-0.2, -0.15) is 0 Å². The zero-order valence-corrected chi connectivity index (χ0v) is 16.5. The number of nitrogens with one attached hydrogen (secondary N) is 1. The molecule has 2 aromatic rings. The maximum Gasteiger partial charge on any atom is 0.261 e. The Morgan fingerprint density at radius 2 is 1.70 bits per heavy atom. The summed E-state index contributed by atoms with van der Waals surface area (Å²) in [6.07, 6.45) is 5.13. The second kappa shape index (κ2) is 8.94. The monoisotopic (exact) mass is 367 g/mol. The molecule has 0 saturated carbocycles. The van der Waals surface area contributed by atoms with Crippen molar-refractivity contribution in [1.29, 1.82) is 0 Å². The summed E-state index contributed by atoms with van der Waals surface area (Å²) in [6.45, 7) is 3.87. The number of hydrogen-bond acceptors (Lipinski definition) is 3. The van der Waals surface area contributed by atoms with E-state index in [4.69, 9.17) is 9.47 Å². The number of hydrogen-bond donors (Lipinski definition) is 1. The van der Waals surface area contributed by atoms with Crippen molar-refractivity contribution in [1.82, 2.24) is 5.32 Å². The zero-order valence-electron chi connectivity index (χ0n) is 16.5. The Bertz CT molecular complexity index is 770. The van der Waals surface area contributed by atoms with E-state index in [1.165, 1.54) is 36.0 Å². The topological polar surface area (TPSA) is 47.6 Å². The molecule has 4 heteroatoms. The van der Waals surface area contributed by atoms with Crippen LogP contribution in [0.25, 0.3) is 0 Å². The average molecular weight is 367 g/mol. The maximum atomic E-state index is 12.6. The summed E-state index contributed by atoms with van der Waals surface area (Å²) < 4.78 is 10.9. The SMILES string of the molecule is CC[C@H](NC(=O)[C@@H](C)Oc1ccc(OC)cc1)c1ccc2c(c1)CCCC2. The fourth-order valence-corrected chi connectivity index (χ4v) is 3.59. The van der Waals surface area contributed by atoms with Crippen molar-refractivity contribution in [2.24, 2.45) is 0 Å². The Morgan fingerprint density at radius 3 is 2.37 bits per heavy atom. The number of methoxy groups -OCH3 is 1. The minimum absolute atomic E-state index is 0.00615. The van der Waals surface area contributed by atoms with Crippen molar-refractivity contribution in [3.8, 4) is 11.5 Å². The molecule has 2 aromatic carbocycles. The Balaban J connectivity index is 1.63. The van der Waals surface area contributed by atoms with Gasteiger partial charge in [0, 0.05) is 0 Å². The van der Waals surface area contributed by atoms with Gasteiger partial charge in [-0.1, -0.05) is 25.1 Å². The molecule has 4 nitrogen and oxygen atoms in total. The van der Waals surface area contributed by atoms with Crippen LogP contribution in [0.3, 0.4) is 0 Å². The first kappa shape index (κ1) is 19.3. The summed E-state index contributed by atoms with van der Waals surface area (Å²) in [5, 5.41) is 3.14. The molecule has 0 radical (unpaired) electrons. The highest BCUT2D eigenvalue weighted by Gasteiger charge is 2.20. The van der Waals surface area contributed by atoms with E-state index in [0.717, 1.165) is 18.6 Å². The third kappa shape index (κ3) is 4.82.